The van der Waals surface area contributed by atoms with Crippen molar-refractivity contribution < 1.29 is 3.62 Å². The van der Waals surface area contributed by atoms with Gasteiger partial charge in [-0.05, 0) is 38.5 Å². The molecule has 0 spiro atoms. The van der Waals surface area contributed by atoms with Gasteiger partial charge < -0.3 is 0 Å². The van der Waals surface area contributed by atoms with Crippen LogP contribution in [0.3, 0.4) is 0 Å². The molecule has 3 aliphatic heterocycles. The van der Waals surface area contributed by atoms with E-state index in [2.05, 4.69) is 30.3 Å². The molecular weight excluding hydrogens is 313 g/mol. The number of halogens is 1. The first kappa shape index (κ1) is 13.7. The monoisotopic (exact) mass is 336 g/mol. The summed E-state index contributed by atoms with van der Waals surface area (Å²) in [6.07, 6.45) is 8.00. The molecule has 0 radical (unpaired) electrons. The van der Waals surface area contributed by atoms with Crippen LogP contribution in [0.25, 0.3) is 0 Å². The molecule has 3 heterocycles. The smallest absolute Gasteiger partial charge is 0.122 e. The second kappa shape index (κ2) is 6.02. The van der Waals surface area contributed by atoms with Crippen molar-refractivity contribution in [3.8, 4) is 0 Å². The van der Waals surface area contributed by atoms with Crippen molar-refractivity contribution in [3.63, 3.8) is 0 Å². The zero-order valence-corrected chi connectivity index (χ0v) is 13.5. The van der Waals surface area contributed by atoms with Crippen molar-refractivity contribution in [1.29, 1.82) is 0 Å². The van der Waals surface area contributed by atoms with Crippen molar-refractivity contribution in [2.45, 2.75) is 38.5 Å². The Balaban J connectivity index is 1.87. The number of hydrogen-bond donors (Lipinski definition) is 0. The van der Waals surface area contributed by atoms with E-state index in [1.807, 2.05) is 0 Å². The van der Waals surface area contributed by atoms with E-state index in [0.717, 1.165) is 0 Å². The lowest BCUT2D eigenvalue weighted by Gasteiger charge is -2.39. The molecule has 4 nitrogen and oxygen atoms in total. The minimum absolute atomic E-state index is 1.21. The second-order valence-electron chi connectivity index (χ2n) is 5.56. The third-order valence-electron chi connectivity index (χ3n) is 4.45. The van der Waals surface area contributed by atoms with E-state index in [0.29, 0.717) is 0 Å². The minimum Gasteiger partial charge on any atom is -0.122 e. The highest BCUT2D eigenvalue weighted by molar-refractivity contribution is 9.06. The molecule has 6 heteroatoms. The number of nitrogens with zero attached hydrogens (tertiary/aromatic N) is 3. The van der Waals surface area contributed by atoms with Crippen LogP contribution in [0.15, 0.2) is 0 Å². The van der Waals surface area contributed by atoms with Crippen molar-refractivity contribution in [2.75, 3.05) is 39.3 Å². The molecule has 3 aliphatic rings. The average Bonchev–Trinajstić information content (AvgIpc) is 3.16. The van der Waals surface area contributed by atoms with Crippen LogP contribution in [0, 0.1) is 0 Å². The summed E-state index contributed by atoms with van der Waals surface area (Å²) >= 11 is 3.43. The molecule has 3 fully saturated rings. The molecule has 0 saturated carbocycles. The maximum atomic E-state index is 6.09. The predicted molar refractivity (Wildman–Crippen MR) is 79.4 cm³/mol. The highest BCUT2D eigenvalue weighted by Crippen LogP contribution is 2.71. The third-order valence-corrected chi connectivity index (χ3v) is 9.21. The van der Waals surface area contributed by atoms with E-state index in [4.69, 9.17) is 3.62 Å². The summed E-state index contributed by atoms with van der Waals surface area (Å²) in [5.74, 6) is 0. The van der Waals surface area contributed by atoms with Gasteiger partial charge in [0.25, 0.3) is 0 Å². The normalized spacial score (nSPS) is 28.5. The van der Waals surface area contributed by atoms with Gasteiger partial charge in [-0.25, -0.2) is 0 Å². The summed E-state index contributed by atoms with van der Waals surface area (Å²) in [5.41, 5.74) is 0. The molecule has 0 unspecified atom stereocenters. The third kappa shape index (κ3) is 2.27. The van der Waals surface area contributed by atoms with E-state index in [1.165, 1.54) is 77.8 Å². The van der Waals surface area contributed by atoms with E-state index in [1.54, 1.807) is 0 Å². The Bertz CT molecular complexity index is 236. The molecule has 0 aromatic carbocycles. The summed E-state index contributed by atoms with van der Waals surface area (Å²) in [6, 6.07) is 0. The zero-order valence-electron chi connectivity index (χ0n) is 11.1. The van der Waals surface area contributed by atoms with Gasteiger partial charge >= 0.3 is 7.94 Å². The first-order valence-corrected chi connectivity index (χ1v) is 9.55. The van der Waals surface area contributed by atoms with Gasteiger partial charge in [0, 0.05) is 39.3 Å². The maximum Gasteiger partial charge on any atom is 0.385 e. The molecule has 3 rings (SSSR count). The molecular formula is C12H24BrN3OP+. The predicted octanol–water partition coefficient (Wildman–Crippen LogP) is 3.28. The van der Waals surface area contributed by atoms with E-state index in [-0.39, 0.29) is 0 Å². The fourth-order valence-electron chi connectivity index (χ4n) is 3.55. The van der Waals surface area contributed by atoms with Crippen LogP contribution in [-0.4, -0.2) is 53.3 Å². The van der Waals surface area contributed by atoms with Gasteiger partial charge in [0.05, 0.1) is 0 Å². The number of rotatable bonds is 4. The fourth-order valence-corrected chi connectivity index (χ4v) is 8.95. The topological polar surface area (TPSA) is 19.0 Å². The Morgan fingerprint density at radius 2 is 0.889 bits per heavy atom. The Labute approximate surface area is 120 Å². The van der Waals surface area contributed by atoms with Gasteiger partial charge in [-0.3, -0.25) is 0 Å². The quantitative estimate of drug-likeness (QED) is 0.733. The second-order valence-corrected chi connectivity index (χ2v) is 9.29. The van der Waals surface area contributed by atoms with Gasteiger partial charge in [0.15, 0.2) is 16.3 Å². The summed E-state index contributed by atoms with van der Waals surface area (Å²) in [7, 11) is -1.70. The molecule has 0 N–H and O–H groups in total. The lowest BCUT2D eigenvalue weighted by Crippen LogP contribution is -2.42. The molecule has 0 atom stereocenters. The van der Waals surface area contributed by atoms with Gasteiger partial charge in [0.2, 0.25) is 0 Å². The largest absolute Gasteiger partial charge is 0.385 e. The number of hydrogen-bond acceptors (Lipinski definition) is 4. The molecule has 0 bridgehead atoms. The Morgan fingerprint density at radius 3 is 1.11 bits per heavy atom. The Hall–Kier alpha value is 0.750. The fraction of sp³-hybridized carbons (Fsp3) is 1.00. The van der Waals surface area contributed by atoms with Crippen LogP contribution in [0.1, 0.15) is 38.5 Å². The van der Waals surface area contributed by atoms with Crippen molar-refractivity contribution >= 4 is 24.2 Å². The molecule has 0 aromatic rings. The summed E-state index contributed by atoms with van der Waals surface area (Å²) in [6.45, 7) is 7.29. The standard InChI is InChI=1S/C12H24BrN3OP/c13-17-18(14-7-1-2-8-14,15-9-3-4-10-15)16-11-5-6-12-16/h1-12H2/q+1. The van der Waals surface area contributed by atoms with Crippen LogP contribution in [0.4, 0.5) is 0 Å². The molecule has 104 valence electrons. The SMILES string of the molecule is BrO[P+](N1CCCC1)(N1CCCC1)N1CCCC1. The van der Waals surface area contributed by atoms with Crippen LogP contribution in [-0.2, 0) is 3.62 Å². The van der Waals surface area contributed by atoms with E-state index >= 15 is 0 Å². The first-order valence-electron chi connectivity index (χ1n) is 7.33. The Morgan fingerprint density at radius 1 is 0.611 bits per heavy atom. The van der Waals surface area contributed by atoms with Gasteiger partial charge in [-0.2, -0.15) is 0 Å². The lowest BCUT2D eigenvalue weighted by atomic mass is 10.4. The maximum absolute atomic E-state index is 6.09. The van der Waals surface area contributed by atoms with Crippen molar-refractivity contribution in [2.24, 2.45) is 0 Å². The molecule has 0 aliphatic carbocycles. The highest BCUT2D eigenvalue weighted by atomic mass is 79.9. The van der Waals surface area contributed by atoms with Crippen molar-refractivity contribution in [3.05, 3.63) is 0 Å². The van der Waals surface area contributed by atoms with Crippen LogP contribution < -0.4 is 0 Å². The molecule has 0 amide bonds. The van der Waals surface area contributed by atoms with Gasteiger partial charge in [0.1, 0.15) is 0 Å². The van der Waals surface area contributed by atoms with E-state index < -0.39 is 7.94 Å². The molecule has 18 heavy (non-hydrogen) atoms. The minimum atomic E-state index is -1.70. The van der Waals surface area contributed by atoms with Crippen LogP contribution >= 0.6 is 24.2 Å². The van der Waals surface area contributed by atoms with Gasteiger partial charge in [-0.1, -0.05) is 0 Å². The molecule has 3 saturated heterocycles. The average molecular weight is 337 g/mol. The zero-order chi connectivity index (χ0) is 12.4. The first-order chi connectivity index (χ1) is 8.88. The summed E-state index contributed by atoms with van der Waals surface area (Å²) < 4.78 is 14.0. The lowest BCUT2D eigenvalue weighted by molar-refractivity contribution is 0.312. The van der Waals surface area contributed by atoms with Gasteiger partial charge in [-0.15, -0.1) is 17.6 Å². The van der Waals surface area contributed by atoms with Crippen molar-refractivity contribution in [1.82, 2.24) is 14.0 Å². The highest BCUT2D eigenvalue weighted by Gasteiger charge is 2.61. The van der Waals surface area contributed by atoms with Crippen LogP contribution in [0.5, 0.6) is 0 Å². The van der Waals surface area contributed by atoms with E-state index in [9.17, 15) is 0 Å². The Kier molecular flexibility index (Phi) is 4.59. The molecule has 0 aromatic heterocycles. The van der Waals surface area contributed by atoms with Crippen LogP contribution in [0.2, 0.25) is 0 Å². The summed E-state index contributed by atoms with van der Waals surface area (Å²) in [4.78, 5) is 0. The summed E-state index contributed by atoms with van der Waals surface area (Å²) in [5, 5.41) is 0.